The summed E-state index contributed by atoms with van der Waals surface area (Å²) in [5.74, 6) is -3.52. The first kappa shape index (κ1) is 34.8. The lowest BCUT2D eigenvalue weighted by molar-refractivity contribution is -0.149. The molecule has 0 saturated heterocycles. The molecule has 0 aliphatic carbocycles. The minimum absolute atomic E-state index is 0.0111. The molecule has 0 heterocycles. The van der Waals surface area contributed by atoms with E-state index in [1.165, 1.54) is 12.1 Å². The Kier molecular flexibility index (Phi) is 12.3. The van der Waals surface area contributed by atoms with E-state index in [1.807, 2.05) is 0 Å². The van der Waals surface area contributed by atoms with E-state index in [1.54, 1.807) is 84.9 Å². The number of rotatable bonds is 12. The van der Waals surface area contributed by atoms with Crippen molar-refractivity contribution in [3.05, 3.63) is 59.7 Å². The van der Waals surface area contributed by atoms with E-state index in [4.69, 9.17) is 23.7 Å². The number of methoxy groups -OCH3 is 1. The standard InChI is InChI=1S/C32H41NO10/c1-20(2)26(34)41-24-15-14-22(18-25(24)42-27(35)21(3)4)19-32(29(37)39-8,33-30(38)43-31(5,6)7)16-17-40-28(36)23-12-10-9-11-13-23/h9-15,18,20-21H,16-17,19H2,1-8H3,(H,33,38)/t32-/m1/s1. The molecule has 0 aliphatic rings. The summed E-state index contributed by atoms with van der Waals surface area (Å²) < 4.78 is 26.9. The van der Waals surface area contributed by atoms with Gasteiger partial charge >= 0.3 is 30.0 Å². The van der Waals surface area contributed by atoms with E-state index in [-0.39, 0.29) is 30.9 Å². The first-order chi connectivity index (χ1) is 20.1. The van der Waals surface area contributed by atoms with E-state index in [0.29, 0.717) is 11.1 Å². The Balaban J connectivity index is 2.50. The largest absolute Gasteiger partial charge is 0.467 e. The van der Waals surface area contributed by atoms with Gasteiger partial charge in [0.2, 0.25) is 0 Å². The lowest BCUT2D eigenvalue weighted by Crippen LogP contribution is -2.58. The third kappa shape index (κ3) is 10.7. The van der Waals surface area contributed by atoms with Gasteiger partial charge < -0.3 is 29.0 Å². The zero-order chi connectivity index (χ0) is 32.4. The molecule has 43 heavy (non-hydrogen) atoms. The minimum atomic E-state index is -1.77. The van der Waals surface area contributed by atoms with Gasteiger partial charge in [0.1, 0.15) is 11.1 Å². The molecule has 0 unspecified atom stereocenters. The summed E-state index contributed by atoms with van der Waals surface area (Å²) in [6.45, 7) is 11.4. The zero-order valence-corrected chi connectivity index (χ0v) is 26.0. The van der Waals surface area contributed by atoms with Crippen LogP contribution in [0.5, 0.6) is 11.5 Å². The lowest BCUT2D eigenvalue weighted by Gasteiger charge is -2.33. The van der Waals surface area contributed by atoms with E-state index < -0.39 is 52.9 Å². The Morgan fingerprint density at radius 2 is 1.40 bits per heavy atom. The van der Waals surface area contributed by atoms with Gasteiger partial charge in [0, 0.05) is 12.8 Å². The third-order valence-corrected chi connectivity index (χ3v) is 5.97. The van der Waals surface area contributed by atoms with Gasteiger partial charge in [-0.3, -0.25) is 9.59 Å². The number of carbonyl (C=O) groups excluding carboxylic acids is 5. The summed E-state index contributed by atoms with van der Waals surface area (Å²) in [5, 5.41) is 2.62. The molecule has 1 atom stereocenters. The highest BCUT2D eigenvalue weighted by Gasteiger charge is 2.43. The van der Waals surface area contributed by atoms with Gasteiger partial charge in [-0.15, -0.1) is 0 Å². The molecule has 234 valence electrons. The molecule has 11 nitrogen and oxygen atoms in total. The Labute approximate surface area is 252 Å². The van der Waals surface area contributed by atoms with Gasteiger partial charge in [-0.05, 0) is 50.6 Å². The normalized spacial score (nSPS) is 12.6. The van der Waals surface area contributed by atoms with Crippen molar-refractivity contribution in [2.45, 2.75) is 72.4 Å². The Morgan fingerprint density at radius 1 is 0.814 bits per heavy atom. The third-order valence-electron chi connectivity index (χ3n) is 5.97. The fourth-order valence-corrected chi connectivity index (χ4v) is 3.72. The predicted molar refractivity (Wildman–Crippen MR) is 157 cm³/mol. The average molecular weight is 600 g/mol. The smallest absolute Gasteiger partial charge is 0.408 e. The van der Waals surface area contributed by atoms with Crippen molar-refractivity contribution in [2.75, 3.05) is 13.7 Å². The van der Waals surface area contributed by atoms with E-state index in [9.17, 15) is 24.0 Å². The van der Waals surface area contributed by atoms with Gasteiger partial charge in [-0.1, -0.05) is 52.0 Å². The van der Waals surface area contributed by atoms with Crippen LogP contribution in [0.3, 0.4) is 0 Å². The van der Waals surface area contributed by atoms with Gasteiger partial charge in [0.15, 0.2) is 11.5 Å². The van der Waals surface area contributed by atoms with Gasteiger partial charge in [-0.25, -0.2) is 14.4 Å². The molecule has 2 aromatic carbocycles. The molecular weight excluding hydrogens is 558 g/mol. The van der Waals surface area contributed by atoms with Crippen LogP contribution in [0.15, 0.2) is 48.5 Å². The van der Waals surface area contributed by atoms with Crippen molar-refractivity contribution in [3.8, 4) is 11.5 Å². The number of alkyl carbamates (subject to hydrolysis) is 1. The number of amides is 1. The molecule has 1 amide bonds. The molecule has 1 N–H and O–H groups in total. The van der Waals surface area contributed by atoms with Crippen molar-refractivity contribution in [1.82, 2.24) is 5.32 Å². The van der Waals surface area contributed by atoms with E-state index in [2.05, 4.69) is 5.32 Å². The first-order valence-corrected chi connectivity index (χ1v) is 13.9. The van der Waals surface area contributed by atoms with Crippen LogP contribution >= 0.6 is 0 Å². The number of esters is 4. The second-order valence-electron chi connectivity index (χ2n) is 11.6. The summed E-state index contributed by atoms with van der Waals surface area (Å²) in [6.07, 6.45) is -1.28. The monoisotopic (exact) mass is 599 g/mol. The highest BCUT2D eigenvalue weighted by molar-refractivity contribution is 5.89. The minimum Gasteiger partial charge on any atom is -0.467 e. The predicted octanol–water partition coefficient (Wildman–Crippen LogP) is 5.04. The molecule has 2 rings (SSSR count). The number of hydrogen-bond acceptors (Lipinski definition) is 10. The molecule has 0 spiro atoms. The molecule has 11 heteroatoms. The second kappa shape index (κ2) is 15.2. The number of nitrogens with one attached hydrogen (secondary N) is 1. The molecular formula is C32H41NO10. The molecule has 0 aliphatic heterocycles. The quantitative estimate of drug-likeness (QED) is 0.200. The maximum atomic E-state index is 13.3. The number of ether oxygens (including phenoxy) is 5. The Morgan fingerprint density at radius 3 is 1.93 bits per heavy atom. The maximum Gasteiger partial charge on any atom is 0.408 e. The van der Waals surface area contributed by atoms with Gasteiger partial charge in [0.05, 0.1) is 31.1 Å². The van der Waals surface area contributed by atoms with Crippen LogP contribution in [0.1, 0.15) is 70.8 Å². The molecule has 0 bridgehead atoms. The fraction of sp³-hybridized carbons (Fsp3) is 0.469. The highest BCUT2D eigenvalue weighted by atomic mass is 16.6. The van der Waals surface area contributed by atoms with Crippen LogP contribution in [0, 0.1) is 11.8 Å². The topological polar surface area (TPSA) is 144 Å². The molecule has 0 aromatic heterocycles. The zero-order valence-electron chi connectivity index (χ0n) is 26.0. The Bertz CT molecular complexity index is 1300. The maximum absolute atomic E-state index is 13.3. The summed E-state index contributed by atoms with van der Waals surface area (Å²) in [7, 11) is 1.16. The summed E-state index contributed by atoms with van der Waals surface area (Å²) in [4.78, 5) is 63.7. The van der Waals surface area contributed by atoms with Crippen LogP contribution in [-0.4, -0.2) is 54.8 Å². The van der Waals surface area contributed by atoms with Gasteiger partial charge in [0.25, 0.3) is 0 Å². The molecule has 2 aromatic rings. The van der Waals surface area contributed by atoms with Crippen LogP contribution in [0.4, 0.5) is 4.79 Å². The van der Waals surface area contributed by atoms with Gasteiger partial charge in [-0.2, -0.15) is 0 Å². The van der Waals surface area contributed by atoms with Crippen molar-refractivity contribution < 1.29 is 47.7 Å². The highest BCUT2D eigenvalue weighted by Crippen LogP contribution is 2.32. The number of carbonyl (C=O) groups is 5. The van der Waals surface area contributed by atoms with Crippen LogP contribution in [-0.2, 0) is 35.0 Å². The van der Waals surface area contributed by atoms with Crippen molar-refractivity contribution in [3.63, 3.8) is 0 Å². The SMILES string of the molecule is COC(=O)[C@@](CCOC(=O)c1ccccc1)(Cc1ccc(OC(=O)C(C)C)c(OC(=O)C(C)C)c1)NC(=O)OC(C)(C)C. The Hall–Kier alpha value is -4.41. The lowest BCUT2D eigenvalue weighted by atomic mass is 9.87. The number of benzene rings is 2. The molecule has 0 radical (unpaired) electrons. The van der Waals surface area contributed by atoms with Crippen molar-refractivity contribution in [1.29, 1.82) is 0 Å². The van der Waals surface area contributed by atoms with E-state index in [0.717, 1.165) is 7.11 Å². The molecule has 0 fully saturated rings. The average Bonchev–Trinajstić information content (AvgIpc) is 2.92. The fourth-order valence-electron chi connectivity index (χ4n) is 3.72. The summed E-state index contributed by atoms with van der Waals surface area (Å²) in [5.41, 5.74) is -1.93. The van der Waals surface area contributed by atoms with Crippen LogP contribution in [0.25, 0.3) is 0 Å². The van der Waals surface area contributed by atoms with Crippen molar-refractivity contribution >= 4 is 30.0 Å². The summed E-state index contributed by atoms with van der Waals surface area (Å²) >= 11 is 0. The van der Waals surface area contributed by atoms with Crippen LogP contribution < -0.4 is 14.8 Å². The molecule has 0 saturated carbocycles. The van der Waals surface area contributed by atoms with Crippen LogP contribution in [0.2, 0.25) is 0 Å². The second-order valence-corrected chi connectivity index (χ2v) is 11.6. The summed E-state index contributed by atoms with van der Waals surface area (Å²) in [6, 6.07) is 12.7. The van der Waals surface area contributed by atoms with E-state index >= 15 is 0 Å². The number of hydrogen-bond donors (Lipinski definition) is 1. The first-order valence-electron chi connectivity index (χ1n) is 13.9. The van der Waals surface area contributed by atoms with Crippen molar-refractivity contribution in [2.24, 2.45) is 11.8 Å².